The van der Waals surface area contributed by atoms with Crippen LogP contribution in [0.5, 0.6) is 0 Å². The summed E-state index contributed by atoms with van der Waals surface area (Å²) >= 11 is 14.2. The molecular formula is C29H25Cl2N5O4S. The first-order valence-corrected chi connectivity index (χ1v) is 14.4. The van der Waals surface area contributed by atoms with Gasteiger partial charge < -0.3 is 15.0 Å². The minimum absolute atomic E-state index is 0.0289. The first kappa shape index (κ1) is 28.5. The Kier molecular flexibility index (Phi) is 8.25. The minimum Gasteiger partial charge on any atom is -0.480 e. The fourth-order valence-corrected chi connectivity index (χ4v) is 6.48. The first-order valence-electron chi connectivity index (χ1n) is 12.9. The summed E-state index contributed by atoms with van der Waals surface area (Å²) in [7, 11) is 0. The zero-order chi connectivity index (χ0) is 29.3. The van der Waals surface area contributed by atoms with Crippen LogP contribution in [-0.4, -0.2) is 42.1 Å². The second kappa shape index (κ2) is 11.9. The maximum absolute atomic E-state index is 13.6. The molecule has 9 nitrogen and oxygen atoms in total. The van der Waals surface area contributed by atoms with Crippen molar-refractivity contribution in [2.75, 3.05) is 0 Å². The molecule has 0 atom stereocenters. The average molecular weight is 611 g/mol. The zero-order valence-corrected chi connectivity index (χ0v) is 24.5. The Balaban J connectivity index is 1.51. The molecule has 0 fully saturated rings. The lowest BCUT2D eigenvalue weighted by Crippen LogP contribution is -2.28. The molecule has 0 saturated heterocycles. The van der Waals surface area contributed by atoms with Gasteiger partial charge in [-0.3, -0.25) is 19.0 Å². The van der Waals surface area contributed by atoms with Crippen LogP contribution in [0.15, 0.2) is 54.6 Å². The van der Waals surface area contributed by atoms with E-state index in [9.17, 15) is 19.5 Å². The van der Waals surface area contributed by atoms with Gasteiger partial charge in [0.1, 0.15) is 17.2 Å². The first-order chi connectivity index (χ1) is 19.7. The van der Waals surface area contributed by atoms with Crippen molar-refractivity contribution in [2.45, 2.75) is 39.8 Å². The van der Waals surface area contributed by atoms with Gasteiger partial charge in [-0.1, -0.05) is 55.8 Å². The quantitative estimate of drug-likeness (QED) is 0.188. The molecule has 5 aromatic rings. The van der Waals surface area contributed by atoms with Crippen LogP contribution in [0.4, 0.5) is 0 Å². The number of aromatic nitrogens is 4. The standard InChI is InChI=1S/C29H25Cl2N5O4S/c1-3-16-13-20(26(39)19-10-5-7-11-21(19)30)28(41-16)36-23(33-34-29(36)31)14-32-27(40)25-17(4-2)18-9-6-8-12-22(18)35(25)15-24(37)38/h5-13H,3-4,14-15H2,1-2H3,(H,32,40)(H,37,38). The molecule has 1 amide bonds. The molecule has 0 aliphatic heterocycles. The number of thiophene rings is 1. The number of halogens is 2. The summed E-state index contributed by atoms with van der Waals surface area (Å²) in [5, 5.41) is 22.3. The van der Waals surface area contributed by atoms with Crippen molar-refractivity contribution in [3.8, 4) is 5.00 Å². The van der Waals surface area contributed by atoms with Gasteiger partial charge in [0.25, 0.3) is 5.91 Å². The van der Waals surface area contributed by atoms with E-state index in [1.165, 1.54) is 15.9 Å². The molecule has 0 aliphatic carbocycles. The van der Waals surface area contributed by atoms with Crippen molar-refractivity contribution in [3.63, 3.8) is 0 Å². The molecule has 0 aliphatic rings. The van der Waals surface area contributed by atoms with Crippen LogP contribution in [0.2, 0.25) is 10.3 Å². The highest BCUT2D eigenvalue weighted by Crippen LogP contribution is 2.33. The van der Waals surface area contributed by atoms with Crippen LogP contribution in [-0.2, 0) is 30.7 Å². The number of hydrogen-bond acceptors (Lipinski definition) is 6. The van der Waals surface area contributed by atoms with Crippen LogP contribution >= 0.6 is 34.5 Å². The summed E-state index contributed by atoms with van der Waals surface area (Å²) in [5.41, 5.74) is 2.43. The highest BCUT2D eigenvalue weighted by atomic mass is 35.5. The number of carbonyl (C=O) groups excluding carboxylic acids is 2. The number of ketones is 1. The molecular weight excluding hydrogens is 585 g/mol. The number of para-hydroxylation sites is 1. The van der Waals surface area contributed by atoms with Crippen molar-refractivity contribution >= 4 is 63.1 Å². The number of aliphatic carboxylic acids is 1. The van der Waals surface area contributed by atoms with Crippen molar-refractivity contribution in [1.29, 1.82) is 0 Å². The van der Waals surface area contributed by atoms with Gasteiger partial charge in [-0.2, -0.15) is 0 Å². The number of nitrogens with one attached hydrogen (secondary N) is 1. The lowest BCUT2D eigenvalue weighted by Gasteiger charge is -2.12. The third-order valence-electron chi connectivity index (χ3n) is 6.71. The maximum Gasteiger partial charge on any atom is 0.323 e. The zero-order valence-electron chi connectivity index (χ0n) is 22.1. The van der Waals surface area contributed by atoms with Crippen LogP contribution in [0.25, 0.3) is 15.9 Å². The number of nitrogens with zero attached hydrogens (tertiary/aromatic N) is 4. The molecule has 2 N–H and O–H groups in total. The summed E-state index contributed by atoms with van der Waals surface area (Å²) < 4.78 is 3.06. The molecule has 2 aromatic carbocycles. The number of aryl methyl sites for hydroxylation is 2. The second-order valence-electron chi connectivity index (χ2n) is 9.18. The van der Waals surface area contributed by atoms with E-state index in [0.29, 0.717) is 45.3 Å². The molecule has 0 saturated carbocycles. The van der Waals surface area contributed by atoms with E-state index < -0.39 is 11.9 Å². The number of carbonyl (C=O) groups is 3. The van der Waals surface area contributed by atoms with Crippen molar-refractivity contribution < 1.29 is 19.5 Å². The molecule has 0 unspecified atom stereocenters. The van der Waals surface area contributed by atoms with Gasteiger partial charge >= 0.3 is 5.97 Å². The van der Waals surface area contributed by atoms with E-state index in [0.717, 1.165) is 15.8 Å². The SMILES string of the molecule is CCc1cc(C(=O)c2ccccc2Cl)c(-n2c(Cl)nnc2CNC(=O)c2c(CC)c3ccccc3n2CC(=O)O)s1. The van der Waals surface area contributed by atoms with Crippen LogP contribution in [0, 0.1) is 0 Å². The van der Waals surface area contributed by atoms with E-state index in [1.807, 2.05) is 32.0 Å². The van der Waals surface area contributed by atoms with Gasteiger partial charge in [-0.05, 0) is 54.3 Å². The normalized spacial score (nSPS) is 11.2. The maximum atomic E-state index is 13.6. The molecule has 0 bridgehead atoms. The summed E-state index contributed by atoms with van der Waals surface area (Å²) in [4.78, 5) is 39.8. The molecule has 5 rings (SSSR count). The topological polar surface area (TPSA) is 119 Å². The Morgan fingerprint density at radius 1 is 0.976 bits per heavy atom. The van der Waals surface area contributed by atoms with Crippen LogP contribution < -0.4 is 5.32 Å². The van der Waals surface area contributed by atoms with Gasteiger partial charge in [0, 0.05) is 21.3 Å². The number of fused-ring (bicyclic) bond motifs is 1. The van der Waals surface area contributed by atoms with E-state index in [2.05, 4.69) is 15.5 Å². The second-order valence-corrected chi connectivity index (χ2v) is 11.0. The number of carboxylic acid groups (broad SMARTS) is 1. The minimum atomic E-state index is -1.06. The summed E-state index contributed by atoms with van der Waals surface area (Å²) in [6.07, 6.45) is 1.22. The molecule has 0 spiro atoms. The average Bonchev–Trinajstić information content (AvgIpc) is 3.64. The molecule has 3 aromatic heterocycles. The Hall–Kier alpha value is -3.99. The van der Waals surface area contributed by atoms with Gasteiger partial charge in [-0.15, -0.1) is 21.5 Å². The van der Waals surface area contributed by atoms with Gasteiger partial charge in [0.15, 0.2) is 11.6 Å². The Bertz CT molecular complexity index is 1810. The summed E-state index contributed by atoms with van der Waals surface area (Å²) in [6.45, 7) is 3.46. The molecule has 12 heteroatoms. The monoisotopic (exact) mass is 609 g/mol. The van der Waals surface area contributed by atoms with E-state index in [1.54, 1.807) is 41.0 Å². The van der Waals surface area contributed by atoms with Crippen molar-refractivity contribution in [2.24, 2.45) is 0 Å². The molecule has 210 valence electrons. The lowest BCUT2D eigenvalue weighted by atomic mass is 10.0. The highest BCUT2D eigenvalue weighted by molar-refractivity contribution is 7.15. The predicted molar refractivity (Wildman–Crippen MR) is 159 cm³/mol. The molecule has 3 heterocycles. The lowest BCUT2D eigenvalue weighted by molar-refractivity contribution is -0.137. The van der Waals surface area contributed by atoms with E-state index in [4.69, 9.17) is 23.2 Å². The number of hydrogen-bond donors (Lipinski definition) is 2. The molecule has 41 heavy (non-hydrogen) atoms. The molecule has 0 radical (unpaired) electrons. The third kappa shape index (κ3) is 5.38. The smallest absolute Gasteiger partial charge is 0.323 e. The Morgan fingerprint density at radius 2 is 1.71 bits per heavy atom. The largest absolute Gasteiger partial charge is 0.480 e. The van der Waals surface area contributed by atoms with E-state index in [-0.39, 0.29) is 29.9 Å². The van der Waals surface area contributed by atoms with Crippen LogP contribution in [0.1, 0.15) is 56.5 Å². The number of amides is 1. The van der Waals surface area contributed by atoms with Gasteiger partial charge in [-0.25, -0.2) is 0 Å². The number of carboxylic acids is 1. The van der Waals surface area contributed by atoms with Crippen molar-refractivity contribution in [3.05, 3.63) is 98.0 Å². The third-order valence-corrected chi connectivity index (χ3v) is 8.55. The fourth-order valence-electron chi connectivity index (χ4n) is 4.87. The highest BCUT2D eigenvalue weighted by Gasteiger charge is 2.26. The summed E-state index contributed by atoms with van der Waals surface area (Å²) in [6, 6.07) is 15.9. The number of benzene rings is 2. The van der Waals surface area contributed by atoms with Gasteiger partial charge in [0.2, 0.25) is 5.28 Å². The van der Waals surface area contributed by atoms with Gasteiger partial charge in [0.05, 0.1) is 17.1 Å². The predicted octanol–water partition coefficient (Wildman–Crippen LogP) is 5.96. The summed E-state index contributed by atoms with van der Waals surface area (Å²) in [5.74, 6) is -1.49. The Morgan fingerprint density at radius 3 is 2.41 bits per heavy atom. The van der Waals surface area contributed by atoms with E-state index >= 15 is 0 Å². The van der Waals surface area contributed by atoms with Crippen molar-refractivity contribution in [1.82, 2.24) is 24.6 Å². The van der Waals surface area contributed by atoms with Crippen LogP contribution in [0.3, 0.4) is 0 Å². The Labute approximate surface area is 249 Å². The number of rotatable bonds is 10. The fraction of sp³-hybridized carbons (Fsp3) is 0.207.